The molecular weight excluding hydrogens is 297 g/mol. The van der Waals surface area contributed by atoms with Gasteiger partial charge in [-0.25, -0.2) is 13.4 Å². The highest BCUT2D eigenvalue weighted by molar-refractivity contribution is 7.90. The minimum absolute atomic E-state index is 0.0856. The number of hydrogen-bond acceptors (Lipinski definition) is 5. The first-order valence-electron chi connectivity index (χ1n) is 7.17. The molecule has 1 unspecified atom stereocenters. The van der Waals surface area contributed by atoms with Crippen LogP contribution >= 0.6 is 0 Å². The standard InChI is InChI=1S/C13H18FN3O3S/c1-2-11-12(14)13(16-8-15-11)20-9-5-6-17(7-9)21(18,19)10-3-4-10/h8-10H,2-7H2,1H3. The Balaban J connectivity index is 1.68. The minimum Gasteiger partial charge on any atom is -0.471 e. The topological polar surface area (TPSA) is 72.4 Å². The van der Waals surface area contributed by atoms with Gasteiger partial charge in [-0.15, -0.1) is 0 Å². The average Bonchev–Trinajstić information content (AvgIpc) is 3.22. The first kappa shape index (κ1) is 14.6. The second-order valence-electron chi connectivity index (χ2n) is 5.42. The first-order valence-corrected chi connectivity index (χ1v) is 8.67. The second-order valence-corrected chi connectivity index (χ2v) is 7.64. The predicted octanol–water partition coefficient (Wildman–Crippen LogP) is 1.12. The summed E-state index contributed by atoms with van der Waals surface area (Å²) in [4.78, 5) is 7.65. The molecule has 1 atom stereocenters. The third-order valence-corrected chi connectivity index (χ3v) is 6.22. The van der Waals surface area contributed by atoms with E-state index in [9.17, 15) is 12.8 Å². The lowest BCUT2D eigenvalue weighted by Crippen LogP contribution is -2.33. The summed E-state index contributed by atoms with van der Waals surface area (Å²) < 4.78 is 45.3. The molecule has 1 aliphatic heterocycles. The summed E-state index contributed by atoms with van der Waals surface area (Å²) in [6.45, 7) is 2.50. The molecule has 1 aliphatic carbocycles. The van der Waals surface area contributed by atoms with Crippen molar-refractivity contribution in [3.05, 3.63) is 17.8 Å². The molecule has 1 saturated heterocycles. The SMILES string of the molecule is CCc1ncnc(OC2CCN(S(=O)(=O)C3CC3)C2)c1F. The molecule has 0 amide bonds. The molecule has 21 heavy (non-hydrogen) atoms. The quantitative estimate of drug-likeness (QED) is 0.814. The lowest BCUT2D eigenvalue weighted by molar-refractivity contribution is 0.195. The van der Waals surface area contributed by atoms with Crippen LogP contribution in [-0.4, -0.2) is 47.1 Å². The Kier molecular flexibility index (Phi) is 3.83. The number of aryl methyl sites for hydroxylation is 1. The first-order chi connectivity index (χ1) is 10.0. The van der Waals surface area contributed by atoms with Gasteiger partial charge in [0.15, 0.2) is 0 Å². The van der Waals surface area contributed by atoms with Crippen LogP contribution in [0.5, 0.6) is 5.88 Å². The predicted molar refractivity (Wildman–Crippen MR) is 73.9 cm³/mol. The van der Waals surface area contributed by atoms with Gasteiger partial charge in [0.2, 0.25) is 15.8 Å². The van der Waals surface area contributed by atoms with Crippen LogP contribution in [0.3, 0.4) is 0 Å². The molecule has 0 bridgehead atoms. The third kappa shape index (κ3) is 2.87. The molecule has 2 heterocycles. The van der Waals surface area contributed by atoms with Crippen LogP contribution in [-0.2, 0) is 16.4 Å². The molecule has 116 valence electrons. The Labute approximate surface area is 123 Å². The fourth-order valence-corrected chi connectivity index (χ4v) is 4.36. The Morgan fingerprint density at radius 1 is 1.38 bits per heavy atom. The largest absolute Gasteiger partial charge is 0.471 e. The number of ether oxygens (including phenoxy) is 1. The molecule has 8 heteroatoms. The van der Waals surface area contributed by atoms with E-state index in [2.05, 4.69) is 9.97 Å². The van der Waals surface area contributed by atoms with E-state index in [-0.39, 0.29) is 23.8 Å². The van der Waals surface area contributed by atoms with Crippen LogP contribution in [0, 0.1) is 5.82 Å². The van der Waals surface area contributed by atoms with Gasteiger partial charge >= 0.3 is 0 Å². The summed E-state index contributed by atoms with van der Waals surface area (Å²) in [5, 5.41) is -0.223. The van der Waals surface area contributed by atoms with Crippen molar-refractivity contribution in [1.82, 2.24) is 14.3 Å². The Bertz CT molecular complexity index is 634. The lowest BCUT2D eigenvalue weighted by atomic mass is 10.3. The Morgan fingerprint density at radius 2 is 2.14 bits per heavy atom. The molecule has 1 saturated carbocycles. The van der Waals surface area contributed by atoms with Gasteiger partial charge in [-0.3, -0.25) is 0 Å². The van der Waals surface area contributed by atoms with Crippen LogP contribution in [0.4, 0.5) is 4.39 Å². The lowest BCUT2D eigenvalue weighted by Gasteiger charge is -2.17. The van der Waals surface area contributed by atoms with Crippen molar-refractivity contribution in [2.75, 3.05) is 13.1 Å². The van der Waals surface area contributed by atoms with E-state index < -0.39 is 15.8 Å². The van der Waals surface area contributed by atoms with Gasteiger partial charge < -0.3 is 4.74 Å². The van der Waals surface area contributed by atoms with Gasteiger partial charge in [0, 0.05) is 6.54 Å². The Morgan fingerprint density at radius 3 is 2.81 bits per heavy atom. The van der Waals surface area contributed by atoms with Gasteiger partial charge in [0.25, 0.3) is 5.88 Å². The molecule has 0 radical (unpaired) electrons. The number of rotatable bonds is 5. The van der Waals surface area contributed by atoms with Gasteiger partial charge in [-0.2, -0.15) is 13.7 Å². The van der Waals surface area contributed by atoms with Crippen molar-refractivity contribution >= 4 is 10.0 Å². The van der Waals surface area contributed by atoms with E-state index in [4.69, 9.17) is 4.74 Å². The van der Waals surface area contributed by atoms with E-state index in [0.29, 0.717) is 25.1 Å². The highest BCUT2D eigenvalue weighted by Crippen LogP contribution is 2.33. The summed E-state index contributed by atoms with van der Waals surface area (Å²) in [7, 11) is -3.19. The zero-order chi connectivity index (χ0) is 15.0. The highest BCUT2D eigenvalue weighted by atomic mass is 32.2. The summed E-state index contributed by atoms with van der Waals surface area (Å²) in [6.07, 6.45) is 3.40. The summed E-state index contributed by atoms with van der Waals surface area (Å²) in [5.41, 5.74) is 0.306. The average molecular weight is 315 g/mol. The van der Waals surface area contributed by atoms with E-state index in [1.807, 2.05) is 0 Å². The van der Waals surface area contributed by atoms with Gasteiger partial charge in [0.1, 0.15) is 12.4 Å². The molecule has 2 aliphatic rings. The van der Waals surface area contributed by atoms with E-state index in [1.165, 1.54) is 10.6 Å². The molecule has 3 rings (SSSR count). The van der Waals surface area contributed by atoms with E-state index >= 15 is 0 Å². The number of nitrogens with zero attached hydrogens (tertiary/aromatic N) is 3. The Hall–Kier alpha value is -1.28. The molecule has 6 nitrogen and oxygen atoms in total. The molecule has 2 fully saturated rings. The normalized spacial score (nSPS) is 23.4. The molecule has 0 aromatic carbocycles. The number of sulfonamides is 1. The van der Waals surface area contributed by atoms with Crippen LogP contribution in [0.15, 0.2) is 6.33 Å². The number of hydrogen-bond donors (Lipinski definition) is 0. The summed E-state index contributed by atoms with van der Waals surface area (Å²) in [5.74, 6) is -0.638. The maximum absolute atomic E-state index is 14.0. The molecular formula is C13H18FN3O3S. The second kappa shape index (κ2) is 5.49. The third-order valence-electron chi connectivity index (χ3n) is 3.86. The molecule has 0 N–H and O–H groups in total. The van der Waals surface area contributed by atoms with Gasteiger partial charge in [-0.1, -0.05) is 6.92 Å². The molecule has 1 aromatic heterocycles. The number of aromatic nitrogens is 2. The fraction of sp³-hybridized carbons (Fsp3) is 0.692. The van der Waals surface area contributed by atoms with Crippen LogP contribution < -0.4 is 4.74 Å². The minimum atomic E-state index is -3.19. The van der Waals surface area contributed by atoms with Crippen molar-refractivity contribution in [1.29, 1.82) is 0 Å². The summed E-state index contributed by atoms with van der Waals surface area (Å²) in [6, 6.07) is 0. The maximum Gasteiger partial charge on any atom is 0.254 e. The maximum atomic E-state index is 14.0. The highest BCUT2D eigenvalue weighted by Gasteiger charge is 2.43. The van der Waals surface area contributed by atoms with Crippen molar-refractivity contribution in [2.24, 2.45) is 0 Å². The van der Waals surface area contributed by atoms with E-state index in [0.717, 1.165) is 12.8 Å². The van der Waals surface area contributed by atoms with Gasteiger partial charge in [-0.05, 0) is 25.7 Å². The smallest absolute Gasteiger partial charge is 0.254 e. The van der Waals surface area contributed by atoms with E-state index in [1.54, 1.807) is 6.92 Å². The van der Waals surface area contributed by atoms with Crippen molar-refractivity contribution in [2.45, 2.75) is 44.0 Å². The zero-order valence-corrected chi connectivity index (χ0v) is 12.6. The van der Waals surface area contributed by atoms with Crippen LogP contribution in [0.1, 0.15) is 31.9 Å². The fourth-order valence-electron chi connectivity index (χ4n) is 2.48. The van der Waals surface area contributed by atoms with Crippen LogP contribution in [0.2, 0.25) is 0 Å². The monoisotopic (exact) mass is 315 g/mol. The zero-order valence-electron chi connectivity index (χ0n) is 11.8. The summed E-state index contributed by atoms with van der Waals surface area (Å²) >= 11 is 0. The molecule has 1 aromatic rings. The molecule has 0 spiro atoms. The van der Waals surface area contributed by atoms with Crippen molar-refractivity contribution < 1.29 is 17.5 Å². The van der Waals surface area contributed by atoms with Crippen molar-refractivity contribution in [3.8, 4) is 5.88 Å². The number of halogens is 1. The van der Waals surface area contributed by atoms with Gasteiger partial charge in [0.05, 0.1) is 17.5 Å². The van der Waals surface area contributed by atoms with Crippen LogP contribution in [0.25, 0.3) is 0 Å². The van der Waals surface area contributed by atoms with Crippen molar-refractivity contribution in [3.63, 3.8) is 0 Å².